The molecule has 1 aromatic rings. The number of hydrogen-bond acceptors (Lipinski definition) is 3. The van der Waals surface area contributed by atoms with Gasteiger partial charge in [0.1, 0.15) is 5.02 Å². The molecule has 0 radical (unpaired) electrons. The van der Waals surface area contributed by atoms with Gasteiger partial charge >= 0.3 is 5.97 Å². The Bertz CT molecular complexity index is 398. The molecule has 0 aromatic carbocycles. The van der Waals surface area contributed by atoms with Crippen LogP contribution in [0.3, 0.4) is 0 Å². The highest BCUT2D eigenvalue weighted by Crippen LogP contribution is 2.31. The molecular formula is C8H5ClF3NO2. The van der Waals surface area contributed by atoms with E-state index < -0.39 is 34.5 Å². The Balaban J connectivity index is 3.40. The fourth-order valence-electron chi connectivity index (χ4n) is 0.963. The van der Waals surface area contributed by atoms with Gasteiger partial charge in [-0.25, -0.2) is 18.6 Å². The number of aromatic nitrogens is 1. The number of rotatable bonds is 2. The van der Waals surface area contributed by atoms with Crippen molar-refractivity contribution in [3.8, 4) is 0 Å². The summed E-state index contributed by atoms with van der Waals surface area (Å²) in [4.78, 5) is 14.1. The van der Waals surface area contributed by atoms with Crippen molar-refractivity contribution in [2.24, 2.45) is 0 Å². The van der Waals surface area contributed by atoms with E-state index in [0.717, 1.165) is 7.11 Å². The van der Waals surface area contributed by atoms with E-state index >= 15 is 0 Å². The maximum atomic E-state index is 12.8. The van der Waals surface area contributed by atoms with Crippen molar-refractivity contribution in [3.63, 3.8) is 0 Å². The van der Waals surface area contributed by atoms with Gasteiger partial charge in [0.2, 0.25) is 5.95 Å². The Kier molecular flexibility index (Phi) is 3.52. The summed E-state index contributed by atoms with van der Waals surface area (Å²) in [5.41, 5.74) is -1.45. The maximum absolute atomic E-state index is 12.8. The van der Waals surface area contributed by atoms with Crippen LogP contribution < -0.4 is 0 Å². The van der Waals surface area contributed by atoms with Crippen LogP contribution in [0.2, 0.25) is 5.02 Å². The SMILES string of the molecule is COC(=O)c1cnc(F)c(Cl)c1C(F)F. The van der Waals surface area contributed by atoms with Gasteiger partial charge in [0, 0.05) is 6.20 Å². The van der Waals surface area contributed by atoms with E-state index in [-0.39, 0.29) is 0 Å². The lowest BCUT2D eigenvalue weighted by Gasteiger charge is -2.08. The van der Waals surface area contributed by atoms with Crippen LogP contribution in [0.5, 0.6) is 0 Å². The zero-order valence-electron chi connectivity index (χ0n) is 7.43. The molecule has 1 aromatic heterocycles. The Morgan fingerprint density at radius 2 is 2.20 bits per heavy atom. The van der Waals surface area contributed by atoms with Crippen LogP contribution in [0.4, 0.5) is 13.2 Å². The van der Waals surface area contributed by atoms with Gasteiger partial charge in [-0.3, -0.25) is 0 Å². The molecule has 0 fully saturated rings. The molecule has 0 aliphatic carbocycles. The van der Waals surface area contributed by atoms with Gasteiger partial charge in [0.05, 0.1) is 18.2 Å². The first kappa shape index (κ1) is 11.8. The Hall–Kier alpha value is -1.30. The van der Waals surface area contributed by atoms with Crippen LogP contribution in [-0.4, -0.2) is 18.1 Å². The Morgan fingerprint density at radius 3 is 2.67 bits per heavy atom. The van der Waals surface area contributed by atoms with Gasteiger partial charge in [0.25, 0.3) is 6.43 Å². The minimum Gasteiger partial charge on any atom is -0.465 e. The van der Waals surface area contributed by atoms with Crippen molar-refractivity contribution in [2.45, 2.75) is 6.43 Å². The first-order valence-corrected chi connectivity index (χ1v) is 4.07. The van der Waals surface area contributed by atoms with E-state index in [1.165, 1.54) is 0 Å². The Labute approximate surface area is 87.8 Å². The summed E-state index contributed by atoms with van der Waals surface area (Å²) < 4.78 is 41.9. The van der Waals surface area contributed by atoms with E-state index in [9.17, 15) is 18.0 Å². The molecule has 0 spiro atoms. The minimum atomic E-state index is -3.08. The minimum absolute atomic E-state index is 0.543. The van der Waals surface area contributed by atoms with Crippen molar-refractivity contribution in [1.82, 2.24) is 4.98 Å². The molecule has 0 bridgehead atoms. The molecule has 1 heterocycles. The molecule has 0 unspecified atom stereocenters. The standard InChI is InChI=1S/C8H5ClF3NO2/c1-15-8(14)3-2-13-7(12)5(9)4(3)6(10)11/h2,6H,1H3. The summed E-state index contributed by atoms with van der Waals surface area (Å²) in [5, 5.41) is -0.868. The highest BCUT2D eigenvalue weighted by molar-refractivity contribution is 6.31. The molecular weight excluding hydrogens is 235 g/mol. The smallest absolute Gasteiger partial charge is 0.339 e. The Morgan fingerprint density at radius 1 is 1.60 bits per heavy atom. The van der Waals surface area contributed by atoms with Crippen LogP contribution in [0.1, 0.15) is 22.3 Å². The zero-order chi connectivity index (χ0) is 11.6. The van der Waals surface area contributed by atoms with Crippen molar-refractivity contribution < 1.29 is 22.7 Å². The molecule has 3 nitrogen and oxygen atoms in total. The predicted molar refractivity (Wildman–Crippen MR) is 45.5 cm³/mol. The largest absolute Gasteiger partial charge is 0.465 e. The van der Waals surface area contributed by atoms with Crippen LogP contribution in [0.15, 0.2) is 6.20 Å². The number of carbonyl (C=O) groups is 1. The van der Waals surface area contributed by atoms with Gasteiger partial charge in [-0.1, -0.05) is 11.6 Å². The lowest BCUT2D eigenvalue weighted by atomic mass is 10.1. The summed E-state index contributed by atoms with van der Waals surface area (Å²) in [6, 6.07) is 0. The number of pyridine rings is 1. The monoisotopic (exact) mass is 239 g/mol. The van der Waals surface area contributed by atoms with Gasteiger partial charge in [-0.2, -0.15) is 4.39 Å². The van der Waals surface area contributed by atoms with Crippen LogP contribution in [-0.2, 0) is 4.74 Å². The summed E-state index contributed by atoms with van der Waals surface area (Å²) >= 11 is 5.27. The van der Waals surface area contributed by atoms with Gasteiger partial charge in [-0.15, -0.1) is 0 Å². The number of nitrogens with zero attached hydrogens (tertiary/aromatic N) is 1. The number of carbonyl (C=O) groups excluding carboxylic acids is 1. The quantitative estimate of drug-likeness (QED) is 0.588. The van der Waals surface area contributed by atoms with E-state index in [1.807, 2.05) is 0 Å². The number of ether oxygens (including phenoxy) is 1. The molecule has 0 atom stereocenters. The number of hydrogen-bond donors (Lipinski definition) is 0. The van der Waals surface area contributed by atoms with E-state index in [1.54, 1.807) is 0 Å². The lowest BCUT2D eigenvalue weighted by Crippen LogP contribution is -2.09. The van der Waals surface area contributed by atoms with Crippen molar-refractivity contribution in [2.75, 3.05) is 7.11 Å². The average Bonchev–Trinajstić information content (AvgIpc) is 2.20. The summed E-state index contributed by atoms with van der Waals surface area (Å²) in [7, 11) is 1.01. The molecule has 0 amide bonds. The average molecular weight is 240 g/mol. The molecule has 82 valence electrons. The van der Waals surface area contributed by atoms with Crippen molar-refractivity contribution >= 4 is 17.6 Å². The van der Waals surface area contributed by atoms with Crippen LogP contribution in [0.25, 0.3) is 0 Å². The highest BCUT2D eigenvalue weighted by Gasteiger charge is 2.25. The number of methoxy groups -OCH3 is 1. The third kappa shape index (κ3) is 2.20. The second-order valence-electron chi connectivity index (χ2n) is 2.48. The molecule has 0 aliphatic rings. The zero-order valence-corrected chi connectivity index (χ0v) is 8.19. The first-order chi connectivity index (χ1) is 6.99. The predicted octanol–water partition coefficient (Wildman–Crippen LogP) is 2.60. The third-order valence-electron chi connectivity index (χ3n) is 1.64. The second kappa shape index (κ2) is 4.48. The normalized spacial score (nSPS) is 10.5. The first-order valence-electron chi connectivity index (χ1n) is 3.69. The van der Waals surface area contributed by atoms with Crippen molar-refractivity contribution in [3.05, 3.63) is 28.3 Å². The van der Waals surface area contributed by atoms with E-state index in [0.29, 0.717) is 6.20 Å². The summed E-state index contributed by atoms with van der Waals surface area (Å²) in [5.74, 6) is -2.29. The fraction of sp³-hybridized carbons (Fsp3) is 0.250. The van der Waals surface area contributed by atoms with Gasteiger partial charge < -0.3 is 4.74 Å². The highest BCUT2D eigenvalue weighted by atomic mass is 35.5. The summed E-state index contributed by atoms with van der Waals surface area (Å²) in [6.45, 7) is 0. The second-order valence-corrected chi connectivity index (χ2v) is 2.86. The lowest BCUT2D eigenvalue weighted by molar-refractivity contribution is 0.0588. The summed E-state index contributed by atoms with van der Waals surface area (Å²) in [6.07, 6.45) is -2.42. The van der Waals surface area contributed by atoms with Crippen molar-refractivity contribution in [1.29, 1.82) is 0 Å². The van der Waals surface area contributed by atoms with Gasteiger partial charge in [0.15, 0.2) is 0 Å². The fourth-order valence-corrected chi connectivity index (χ4v) is 1.20. The molecule has 0 saturated carbocycles. The molecule has 0 aliphatic heterocycles. The molecule has 15 heavy (non-hydrogen) atoms. The molecule has 0 N–H and O–H groups in total. The molecule has 0 saturated heterocycles. The van der Waals surface area contributed by atoms with E-state index in [2.05, 4.69) is 9.72 Å². The third-order valence-corrected chi connectivity index (χ3v) is 2.00. The molecule has 1 rings (SSSR count). The maximum Gasteiger partial charge on any atom is 0.339 e. The number of esters is 1. The van der Waals surface area contributed by atoms with Crippen LogP contribution >= 0.6 is 11.6 Å². The number of halogens is 4. The number of alkyl halides is 2. The van der Waals surface area contributed by atoms with E-state index in [4.69, 9.17) is 11.6 Å². The topological polar surface area (TPSA) is 39.2 Å². The van der Waals surface area contributed by atoms with Crippen LogP contribution in [0, 0.1) is 5.95 Å². The van der Waals surface area contributed by atoms with Gasteiger partial charge in [-0.05, 0) is 0 Å². The molecule has 7 heteroatoms.